The third-order valence-corrected chi connectivity index (χ3v) is 12.3. The molecule has 3 heterocycles. The zero-order chi connectivity index (χ0) is 39.7. The van der Waals surface area contributed by atoms with Gasteiger partial charge in [-0.1, -0.05) is 144 Å². The monoisotopic (exact) mass is 734 g/mol. The normalized spacial score (nSPS) is 14.3. The Morgan fingerprint density at radius 1 is 0.464 bits per heavy atom. The van der Waals surface area contributed by atoms with E-state index in [0.717, 1.165) is 16.6 Å². The highest BCUT2D eigenvalue weighted by atomic mass is 16.3. The first-order valence-corrected chi connectivity index (χ1v) is 20.4. The Kier molecular flexibility index (Phi) is 7.90. The van der Waals surface area contributed by atoms with Crippen molar-refractivity contribution in [2.24, 2.45) is 0 Å². The number of furan rings is 1. The molecule has 282 valence electrons. The van der Waals surface area contributed by atoms with Crippen molar-refractivity contribution in [3.63, 3.8) is 0 Å². The molecule has 0 bridgehead atoms. The first kappa shape index (κ1) is 36.4. The molecule has 2 aliphatic heterocycles. The molecule has 2 aliphatic rings. The summed E-state index contributed by atoms with van der Waals surface area (Å²) in [5, 5.41) is 2.31. The van der Waals surface area contributed by atoms with E-state index >= 15 is 0 Å². The molecular formula is C52H55BN2O. The fraction of sp³-hybridized carbons (Fsp3) is 0.308. The molecule has 7 aromatic rings. The molecule has 0 radical (unpaired) electrons. The van der Waals surface area contributed by atoms with E-state index in [1.54, 1.807) is 0 Å². The van der Waals surface area contributed by atoms with Gasteiger partial charge in [0.15, 0.2) is 0 Å². The molecule has 0 unspecified atom stereocenters. The third-order valence-electron chi connectivity index (χ3n) is 12.3. The maximum absolute atomic E-state index is 6.65. The smallest absolute Gasteiger partial charge is 0.333 e. The van der Waals surface area contributed by atoms with E-state index in [0.29, 0.717) is 0 Å². The minimum Gasteiger partial charge on any atom is -0.456 e. The zero-order valence-corrected chi connectivity index (χ0v) is 35.3. The highest BCUT2D eigenvalue weighted by Gasteiger charge is 2.47. The van der Waals surface area contributed by atoms with E-state index in [1.807, 2.05) is 0 Å². The lowest BCUT2D eigenvalue weighted by Gasteiger charge is -2.47. The second kappa shape index (κ2) is 12.1. The molecule has 1 aromatic heterocycles. The van der Waals surface area contributed by atoms with Crippen molar-refractivity contribution in [3.8, 4) is 11.1 Å². The van der Waals surface area contributed by atoms with Crippen LogP contribution < -0.4 is 20.6 Å². The van der Waals surface area contributed by atoms with Crippen molar-refractivity contribution in [3.05, 3.63) is 138 Å². The minimum atomic E-state index is -0.0938. The molecule has 0 amide bonds. The quantitative estimate of drug-likeness (QED) is 0.165. The Labute approximate surface area is 334 Å². The molecule has 0 atom stereocenters. The topological polar surface area (TPSA) is 19.6 Å². The van der Waals surface area contributed by atoms with Crippen LogP contribution in [0.1, 0.15) is 105 Å². The second-order valence-corrected chi connectivity index (χ2v) is 20.4. The SMILES string of the molecule is CC(C)(C)c1ccc(N2B3c4cc(C(C)(C)C)ccc4N(c4ccc(C(C)(C)C)cc4)c4cc(C(C)(C)C)cc(c43)-c3ccc4oc5ccccc5c4c32)cc1. The summed E-state index contributed by atoms with van der Waals surface area (Å²) < 4.78 is 6.65. The van der Waals surface area contributed by atoms with Crippen LogP contribution in [0.2, 0.25) is 0 Å². The molecule has 4 heteroatoms. The predicted molar refractivity (Wildman–Crippen MR) is 242 cm³/mol. The second-order valence-electron chi connectivity index (χ2n) is 20.4. The van der Waals surface area contributed by atoms with Gasteiger partial charge in [-0.05, 0) is 115 Å². The summed E-state index contributed by atoms with van der Waals surface area (Å²) in [6.45, 7) is 27.7. The summed E-state index contributed by atoms with van der Waals surface area (Å²) in [5.41, 5.74) is 18.3. The summed E-state index contributed by atoms with van der Waals surface area (Å²) in [7, 11) is 0. The Morgan fingerprint density at radius 2 is 1.04 bits per heavy atom. The van der Waals surface area contributed by atoms with Gasteiger partial charge in [0.25, 0.3) is 0 Å². The van der Waals surface area contributed by atoms with E-state index in [-0.39, 0.29) is 28.5 Å². The van der Waals surface area contributed by atoms with Crippen LogP contribution >= 0.6 is 0 Å². The van der Waals surface area contributed by atoms with Gasteiger partial charge in [0.05, 0.1) is 5.39 Å². The van der Waals surface area contributed by atoms with E-state index in [9.17, 15) is 0 Å². The van der Waals surface area contributed by atoms with Gasteiger partial charge in [-0.25, -0.2) is 0 Å². The predicted octanol–water partition coefficient (Wildman–Crippen LogP) is 13.5. The van der Waals surface area contributed by atoms with Crippen LogP contribution in [0.3, 0.4) is 0 Å². The first-order valence-electron chi connectivity index (χ1n) is 20.4. The van der Waals surface area contributed by atoms with Crippen molar-refractivity contribution >= 4 is 68.1 Å². The number of benzene rings is 6. The molecule has 0 aliphatic carbocycles. The number of anilines is 5. The average Bonchev–Trinajstić information content (AvgIpc) is 3.52. The van der Waals surface area contributed by atoms with Crippen molar-refractivity contribution in [1.82, 2.24) is 0 Å². The highest BCUT2D eigenvalue weighted by Crippen LogP contribution is 2.52. The molecule has 0 spiro atoms. The fourth-order valence-electron chi connectivity index (χ4n) is 8.95. The molecule has 9 rings (SSSR count). The van der Waals surface area contributed by atoms with Gasteiger partial charge in [0, 0.05) is 39.4 Å². The van der Waals surface area contributed by atoms with Gasteiger partial charge in [-0.2, -0.15) is 0 Å². The molecule has 3 nitrogen and oxygen atoms in total. The first-order chi connectivity index (χ1) is 26.3. The van der Waals surface area contributed by atoms with Crippen LogP contribution in [0, 0.1) is 0 Å². The Balaban J connectivity index is 1.45. The lowest BCUT2D eigenvalue weighted by molar-refractivity contribution is 0.590. The van der Waals surface area contributed by atoms with E-state index in [1.165, 1.54) is 78.1 Å². The highest BCUT2D eigenvalue weighted by molar-refractivity contribution is 6.94. The Morgan fingerprint density at radius 3 is 1.64 bits per heavy atom. The van der Waals surface area contributed by atoms with Crippen molar-refractivity contribution in [2.75, 3.05) is 9.71 Å². The average molecular weight is 735 g/mol. The summed E-state index contributed by atoms with van der Waals surface area (Å²) in [5.74, 6) is 0. The van der Waals surface area contributed by atoms with Crippen LogP contribution in [0.4, 0.5) is 28.4 Å². The summed E-state index contributed by atoms with van der Waals surface area (Å²) in [4.78, 5) is 5.20. The van der Waals surface area contributed by atoms with E-state index in [2.05, 4.69) is 208 Å². The van der Waals surface area contributed by atoms with Crippen molar-refractivity contribution < 1.29 is 4.42 Å². The number of rotatable bonds is 2. The Bertz CT molecular complexity index is 2670. The minimum absolute atomic E-state index is 0.0345. The van der Waals surface area contributed by atoms with Gasteiger partial charge in [0.1, 0.15) is 11.2 Å². The summed E-state index contributed by atoms with van der Waals surface area (Å²) >= 11 is 0. The van der Waals surface area contributed by atoms with Crippen LogP contribution in [-0.2, 0) is 21.7 Å². The molecule has 6 aromatic carbocycles. The number of nitrogens with zero attached hydrogens (tertiary/aromatic N) is 2. The number of hydrogen-bond donors (Lipinski definition) is 0. The maximum atomic E-state index is 6.65. The third kappa shape index (κ3) is 5.70. The maximum Gasteiger partial charge on any atom is 0.333 e. The molecule has 0 saturated carbocycles. The van der Waals surface area contributed by atoms with Crippen molar-refractivity contribution in [1.29, 1.82) is 0 Å². The fourth-order valence-corrected chi connectivity index (χ4v) is 8.95. The van der Waals surface area contributed by atoms with Gasteiger partial charge in [-0.15, -0.1) is 0 Å². The molecular weight excluding hydrogens is 679 g/mol. The van der Waals surface area contributed by atoms with Gasteiger partial charge in [-0.3, -0.25) is 0 Å². The zero-order valence-electron chi connectivity index (χ0n) is 35.3. The number of fused-ring (bicyclic) bond motifs is 8. The van der Waals surface area contributed by atoms with E-state index < -0.39 is 0 Å². The summed E-state index contributed by atoms with van der Waals surface area (Å²) in [6.07, 6.45) is 0. The largest absolute Gasteiger partial charge is 0.456 e. The number of para-hydroxylation sites is 1. The van der Waals surface area contributed by atoms with E-state index in [4.69, 9.17) is 4.42 Å². The van der Waals surface area contributed by atoms with Crippen LogP contribution in [0.25, 0.3) is 33.1 Å². The van der Waals surface area contributed by atoms with Gasteiger partial charge in [0.2, 0.25) is 0 Å². The number of hydrogen-bond acceptors (Lipinski definition) is 3. The summed E-state index contributed by atoms with van der Waals surface area (Å²) in [6, 6.07) is 44.0. The van der Waals surface area contributed by atoms with Crippen LogP contribution in [-0.4, -0.2) is 6.85 Å². The lowest BCUT2D eigenvalue weighted by atomic mass is 9.43. The molecule has 0 N–H and O–H groups in total. The molecule has 0 saturated heterocycles. The standard InChI is InChI=1S/C52H55BN2O/c1-49(2,3)32-17-22-36(23-18-32)54-42-27-21-34(51(7,8)9)30-41(42)53-47-40(29-35(31-43(47)54)52(10,11)12)38-26-28-45-46(39-15-13-14-16-44(39)56-45)48(38)55(53)37-24-19-33(20-25-37)50(4,5)6/h13-31H,1-12H3. The van der Waals surface area contributed by atoms with Gasteiger partial charge < -0.3 is 14.1 Å². The molecule has 56 heavy (non-hydrogen) atoms. The van der Waals surface area contributed by atoms with Crippen molar-refractivity contribution in [2.45, 2.75) is 105 Å². The lowest BCUT2D eigenvalue weighted by Crippen LogP contribution is -2.62. The molecule has 0 fully saturated rings. The Hall–Kier alpha value is -5.22. The van der Waals surface area contributed by atoms with Crippen LogP contribution in [0.15, 0.2) is 120 Å². The van der Waals surface area contributed by atoms with Crippen LogP contribution in [0.5, 0.6) is 0 Å². The van der Waals surface area contributed by atoms with Gasteiger partial charge >= 0.3 is 6.85 Å².